The van der Waals surface area contributed by atoms with Crippen molar-refractivity contribution in [2.45, 2.75) is 51.1 Å². The summed E-state index contributed by atoms with van der Waals surface area (Å²) in [6.45, 7) is 12.9. The first-order valence-corrected chi connectivity index (χ1v) is 13.2. The second kappa shape index (κ2) is 6.96. The number of carbonyl (C=O) groups excluding carboxylic acids is 1. The molecule has 1 aliphatic carbocycles. The third-order valence-corrected chi connectivity index (χ3v) is 11.5. The second-order valence-electron chi connectivity index (χ2n) is 10.0. The number of aliphatic hydroxyl groups excluding tert-OH is 1. The quantitative estimate of drug-likeness (QED) is 0.735. The Hall–Kier alpha value is -1.64. The van der Waals surface area contributed by atoms with Gasteiger partial charge in [0.1, 0.15) is 11.9 Å². The Bertz CT molecular complexity index is 800. The minimum Gasteiger partial charge on any atom is -0.441 e. The van der Waals surface area contributed by atoms with Gasteiger partial charge in [-0.2, -0.15) is 0 Å². The summed E-state index contributed by atoms with van der Waals surface area (Å²) >= 11 is 0. The van der Waals surface area contributed by atoms with Crippen molar-refractivity contribution in [2.24, 2.45) is 11.8 Å². The number of ether oxygens (including phenoxy) is 1. The van der Waals surface area contributed by atoms with Gasteiger partial charge in [0.25, 0.3) is 0 Å². The molecular formula is C21H31FN2O4Si. The molecule has 2 heterocycles. The third kappa shape index (κ3) is 3.66. The molecule has 0 radical (unpaired) electrons. The highest BCUT2D eigenvalue weighted by Crippen LogP contribution is 2.52. The van der Waals surface area contributed by atoms with Crippen molar-refractivity contribution in [3.05, 3.63) is 24.0 Å². The first-order chi connectivity index (χ1) is 13.5. The van der Waals surface area contributed by atoms with Gasteiger partial charge in [0.15, 0.2) is 8.32 Å². The first-order valence-electron chi connectivity index (χ1n) is 10.3. The smallest absolute Gasteiger partial charge is 0.414 e. The van der Waals surface area contributed by atoms with Crippen LogP contribution in [0.4, 0.5) is 20.6 Å². The summed E-state index contributed by atoms with van der Waals surface area (Å²) in [5.41, 5.74) is 1.02. The predicted molar refractivity (Wildman–Crippen MR) is 112 cm³/mol. The normalized spacial score (nSPS) is 29.3. The van der Waals surface area contributed by atoms with Crippen molar-refractivity contribution in [3.63, 3.8) is 0 Å². The molecule has 1 aromatic rings. The summed E-state index contributed by atoms with van der Waals surface area (Å²) in [5.74, 6) is 0.607. The zero-order valence-electron chi connectivity index (χ0n) is 17.8. The van der Waals surface area contributed by atoms with Gasteiger partial charge in [-0.15, -0.1) is 0 Å². The molecule has 3 aliphatic rings. The lowest BCUT2D eigenvalue weighted by Crippen LogP contribution is -2.43. The molecule has 0 spiro atoms. The van der Waals surface area contributed by atoms with Crippen LogP contribution in [0, 0.1) is 17.7 Å². The Morgan fingerprint density at radius 1 is 1.24 bits per heavy atom. The molecule has 1 saturated carbocycles. The number of benzene rings is 1. The third-order valence-electron chi connectivity index (χ3n) is 7.01. The highest BCUT2D eigenvalue weighted by atomic mass is 28.4. The van der Waals surface area contributed by atoms with Crippen LogP contribution >= 0.6 is 0 Å². The number of anilines is 2. The maximum atomic E-state index is 14.8. The van der Waals surface area contributed by atoms with Gasteiger partial charge >= 0.3 is 6.09 Å². The van der Waals surface area contributed by atoms with Gasteiger partial charge in [-0.3, -0.25) is 4.90 Å². The SMILES string of the molecule is CC(C)(C)[Si](C)(C)OC1[C@H]2CN(c3ccc(N4C[C@H](CO)OC4=O)cc3F)C[C@@H]12. The van der Waals surface area contributed by atoms with Crippen LogP contribution in [-0.4, -0.2) is 58.0 Å². The van der Waals surface area contributed by atoms with Crippen LogP contribution in [0.15, 0.2) is 18.2 Å². The van der Waals surface area contributed by atoms with E-state index in [1.165, 1.54) is 11.0 Å². The summed E-state index contributed by atoms with van der Waals surface area (Å²) in [4.78, 5) is 15.4. The summed E-state index contributed by atoms with van der Waals surface area (Å²) in [6, 6.07) is 4.86. The van der Waals surface area contributed by atoms with E-state index < -0.39 is 20.5 Å². The van der Waals surface area contributed by atoms with Crippen molar-refractivity contribution < 1.29 is 23.5 Å². The van der Waals surface area contributed by atoms with E-state index in [0.29, 0.717) is 29.3 Å². The van der Waals surface area contributed by atoms with Crippen molar-refractivity contribution in [1.82, 2.24) is 0 Å². The van der Waals surface area contributed by atoms with Crippen LogP contribution in [0.5, 0.6) is 0 Å². The zero-order chi connectivity index (χ0) is 21.1. The number of nitrogens with zero attached hydrogens (tertiary/aromatic N) is 2. The fourth-order valence-electron chi connectivity index (χ4n) is 4.11. The molecule has 6 nitrogen and oxygen atoms in total. The Morgan fingerprint density at radius 3 is 2.41 bits per heavy atom. The van der Waals surface area contributed by atoms with Gasteiger partial charge in [0, 0.05) is 24.9 Å². The lowest BCUT2D eigenvalue weighted by molar-refractivity contribution is 0.0963. The van der Waals surface area contributed by atoms with Gasteiger partial charge in [0.2, 0.25) is 0 Å². The number of amides is 1. The molecule has 3 fully saturated rings. The standard InChI is InChI=1S/C21H31FN2O4Si/c1-21(2,3)29(4,5)28-19-15-10-23(11-16(15)19)18-7-6-13(8-17(18)22)24-9-14(12-25)27-20(24)26/h6-8,14-16,19,25H,9-12H2,1-5H3/t14-,15-,16+,19?/m1/s1. The highest BCUT2D eigenvalue weighted by molar-refractivity contribution is 6.74. The summed E-state index contributed by atoms with van der Waals surface area (Å²) < 4.78 is 26.4. The van der Waals surface area contributed by atoms with Crippen molar-refractivity contribution >= 4 is 25.8 Å². The number of aliphatic hydroxyl groups is 1. The average Bonchev–Trinajstić information content (AvgIpc) is 2.99. The Morgan fingerprint density at radius 2 is 1.90 bits per heavy atom. The number of rotatable bonds is 5. The van der Waals surface area contributed by atoms with Crippen LogP contribution in [-0.2, 0) is 9.16 Å². The average molecular weight is 423 g/mol. The van der Waals surface area contributed by atoms with Crippen LogP contribution in [0.2, 0.25) is 18.1 Å². The van der Waals surface area contributed by atoms with Gasteiger partial charge in [-0.05, 0) is 36.3 Å². The predicted octanol–water partition coefficient (Wildman–Crippen LogP) is 3.60. The van der Waals surface area contributed by atoms with Crippen LogP contribution in [0.25, 0.3) is 0 Å². The van der Waals surface area contributed by atoms with Crippen LogP contribution < -0.4 is 9.80 Å². The maximum absolute atomic E-state index is 14.8. The Balaban J connectivity index is 1.39. The molecule has 8 heteroatoms. The molecule has 0 aromatic heterocycles. The largest absolute Gasteiger partial charge is 0.441 e. The van der Waals surface area contributed by atoms with E-state index in [-0.39, 0.29) is 24.0 Å². The van der Waals surface area contributed by atoms with E-state index in [2.05, 4.69) is 38.8 Å². The topological polar surface area (TPSA) is 62.2 Å². The fourth-order valence-corrected chi connectivity index (χ4v) is 5.49. The van der Waals surface area contributed by atoms with Crippen molar-refractivity contribution in [1.29, 1.82) is 0 Å². The number of hydrogen-bond acceptors (Lipinski definition) is 5. The zero-order valence-corrected chi connectivity index (χ0v) is 18.8. The molecule has 1 N–H and O–H groups in total. The number of hydrogen-bond donors (Lipinski definition) is 1. The lowest BCUT2D eigenvalue weighted by atomic mass is 10.2. The van der Waals surface area contributed by atoms with E-state index in [0.717, 1.165) is 13.1 Å². The van der Waals surface area contributed by atoms with E-state index in [4.69, 9.17) is 14.3 Å². The number of fused-ring (bicyclic) bond motifs is 1. The molecule has 4 rings (SSSR count). The number of halogens is 1. The minimum absolute atomic E-state index is 0.192. The molecule has 0 bridgehead atoms. The highest BCUT2D eigenvalue weighted by Gasteiger charge is 2.59. The second-order valence-corrected chi connectivity index (χ2v) is 14.8. The van der Waals surface area contributed by atoms with Gasteiger partial charge < -0.3 is 19.2 Å². The molecule has 4 atom stereocenters. The number of cyclic esters (lactones) is 1. The summed E-state index contributed by atoms with van der Waals surface area (Å²) in [6.07, 6.45) is -0.803. The van der Waals surface area contributed by atoms with Gasteiger partial charge in [-0.1, -0.05) is 20.8 Å². The number of carbonyl (C=O) groups is 1. The molecule has 160 valence electrons. The summed E-state index contributed by atoms with van der Waals surface area (Å²) in [7, 11) is -1.78. The van der Waals surface area contributed by atoms with Crippen molar-refractivity contribution in [2.75, 3.05) is 36.0 Å². The van der Waals surface area contributed by atoms with Crippen LogP contribution in [0.3, 0.4) is 0 Å². The van der Waals surface area contributed by atoms with Gasteiger partial charge in [-0.25, -0.2) is 9.18 Å². The van der Waals surface area contributed by atoms with E-state index in [1.54, 1.807) is 12.1 Å². The van der Waals surface area contributed by atoms with E-state index in [9.17, 15) is 9.18 Å². The van der Waals surface area contributed by atoms with E-state index >= 15 is 0 Å². The van der Waals surface area contributed by atoms with Crippen LogP contribution in [0.1, 0.15) is 20.8 Å². The molecule has 1 unspecified atom stereocenters. The lowest BCUT2D eigenvalue weighted by Gasteiger charge is -2.37. The number of piperidine rings is 1. The summed E-state index contributed by atoms with van der Waals surface area (Å²) in [5, 5.41) is 9.36. The fraction of sp³-hybridized carbons (Fsp3) is 0.667. The molecular weight excluding hydrogens is 391 g/mol. The molecule has 29 heavy (non-hydrogen) atoms. The molecule has 2 saturated heterocycles. The van der Waals surface area contributed by atoms with E-state index in [1.807, 2.05) is 0 Å². The Labute approximate surface area is 172 Å². The molecule has 1 aromatic carbocycles. The Kier molecular flexibility index (Phi) is 4.95. The molecule has 1 amide bonds. The monoisotopic (exact) mass is 422 g/mol. The molecule has 2 aliphatic heterocycles. The first kappa shape index (κ1) is 20.6. The van der Waals surface area contributed by atoms with Gasteiger partial charge in [0.05, 0.1) is 30.6 Å². The van der Waals surface area contributed by atoms with Crippen molar-refractivity contribution in [3.8, 4) is 0 Å². The maximum Gasteiger partial charge on any atom is 0.414 e. The minimum atomic E-state index is -1.78.